The molecule has 146 valence electrons. The molecule has 0 aromatic heterocycles. The Morgan fingerprint density at radius 2 is 1.82 bits per heavy atom. The van der Waals surface area contributed by atoms with Gasteiger partial charge >= 0.3 is 0 Å². The number of nitrogens with one attached hydrogen (secondary N) is 1. The maximum absolute atomic E-state index is 13.0. The van der Waals surface area contributed by atoms with Crippen LogP contribution >= 0.6 is 11.9 Å². The zero-order chi connectivity index (χ0) is 19.9. The fourth-order valence-electron chi connectivity index (χ4n) is 3.17. The summed E-state index contributed by atoms with van der Waals surface area (Å²) in [5.74, 6) is 0.0924. The summed E-state index contributed by atoms with van der Waals surface area (Å²) < 4.78 is 3.00. The summed E-state index contributed by atoms with van der Waals surface area (Å²) in [6.07, 6.45) is 1.07. The Morgan fingerprint density at radius 1 is 1.11 bits per heavy atom. The van der Waals surface area contributed by atoms with Gasteiger partial charge in [-0.15, -0.1) is 0 Å². The van der Waals surface area contributed by atoms with Crippen molar-refractivity contribution in [3.05, 3.63) is 65.7 Å². The first-order valence-electron chi connectivity index (χ1n) is 9.35. The lowest BCUT2D eigenvalue weighted by Crippen LogP contribution is -2.37. The molecular formula is C22H24N2O3S. The molecule has 3 rings (SSSR count). The number of hydrogen-bond donors (Lipinski definition) is 1. The minimum absolute atomic E-state index is 0.0844. The number of Topliss-reactive ketones (excluding diaryl/α,β-unsaturated/α-hetero) is 1. The van der Waals surface area contributed by atoms with Gasteiger partial charge in [-0.2, -0.15) is 0 Å². The van der Waals surface area contributed by atoms with Crippen LogP contribution in [0.1, 0.15) is 24.0 Å². The lowest BCUT2D eigenvalue weighted by atomic mass is 9.97. The fourth-order valence-corrected chi connectivity index (χ4v) is 4.21. The highest BCUT2D eigenvalue weighted by molar-refractivity contribution is 7.97. The van der Waals surface area contributed by atoms with Gasteiger partial charge in [-0.3, -0.25) is 14.3 Å². The van der Waals surface area contributed by atoms with Crippen molar-refractivity contribution in [2.24, 2.45) is 5.92 Å². The Hall–Kier alpha value is -2.44. The van der Waals surface area contributed by atoms with E-state index in [0.717, 1.165) is 17.5 Å². The van der Waals surface area contributed by atoms with Crippen molar-refractivity contribution in [1.82, 2.24) is 4.72 Å². The molecule has 0 aliphatic carbocycles. The largest absolute Gasteiger partial charge is 0.308 e. The third-order valence-corrected chi connectivity index (χ3v) is 5.82. The monoisotopic (exact) mass is 396 g/mol. The molecule has 28 heavy (non-hydrogen) atoms. The quantitative estimate of drug-likeness (QED) is 0.548. The van der Waals surface area contributed by atoms with E-state index in [1.807, 2.05) is 61.5 Å². The number of aryl methyl sites for hydroxylation is 1. The van der Waals surface area contributed by atoms with Crippen LogP contribution in [0.25, 0.3) is 0 Å². The van der Waals surface area contributed by atoms with Gasteiger partial charge in [0.2, 0.25) is 5.91 Å². The zero-order valence-electron chi connectivity index (χ0n) is 15.8. The van der Waals surface area contributed by atoms with Crippen LogP contribution in [0, 0.1) is 12.8 Å². The van der Waals surface area contributed by atoms with E-state index in [0.29, 0.717) is 12.3 Å². The molecule has 6 heteroatoms. The number of aldehydes is 1. The van der Waals surface area contributed by atoms with Crippen LogP contribution in [0.3, 0.4) is 0 Å². The first-order valence-corrected chi connectivity index (χ1v) is 10.3. The van der Waals surface area contributed by atoms with Crippen LogP contribution in [-0.2, 0) is 20.9 Å². The van der Waals surface area contributed by atoms with Crippen molar-refractivity contribution in [1.29, 1.82) is 0 Å². The summed E-state index contributed by atoms with van der Waals surface area (Å²) in [5.41, 5.74) is 3.00. The molecular weight excluding hydrogens is 372 g/mol. The van der Waals surface area contributed by atoms with Crippen molar-refractivity contribution in [3.63, 3.8) is 0 Å². The number of rotatable bonds is 8. The van der Waals surface area contributed by atoms with E-state index in [-0.39, 0.29) is 30.4 Å². The molecule has 2 aromatic carbocycles. The fraction of sp³-hybridized carbons (Fsp3) is 0.318. The topological polar surface area (TPSA) is 66.5 Å². The van der Waals surface area contributed by atoms with E-state index in [1.54, 1.807) is 4.90 Å². The summed E-state index contributed by atoms with van der Waals surface area (Å²) >= 11 is 1.39. The average molecular weight is 397 g/mol. The molecule has 0 radical (unpaired) electrons. The highest BCUT2D eigenvalue weighted by atomic mass is 32.2. The second kappa shape index (κ2) is 9.66. The Balaban J connectivity index is 1.69. The van der Waals surface area contributed by atoms with Gasteiger partial charge in [-0.25, -0.2) is 0 Å². The van der Waals surface area contributed by atoms with Gasteiger partial charge in [0.05, 0.1) is 12.6 Å². The van der Waals surface area contributed by atoms with Crippen LogP contribution < -0.4 is 9.62 Å². The predicted octanol–water partition coefficient (Wildman–Crippen LogP) is 3.31. The Morgan fingerprint density at radius 3 is 2.50 bits per heavy atom. The molecule has 1 aliphatic rings. The van der Waals surface area contributed by atoms with E-state index in [1.165, 1.54) is 17.5 Å². The zero-order valence-corrected chi connectivity index (χ0v) is 16.7. The van der Waals surface area contributed by atoms with E-state index in [2.05, 4.69) is 4.72 Å². The van der Waals surface area contributed by atoms with Crippen LogP contribution in [0.15, 0.2) is 54.6 Å². The van der Waals surface area contributed by atoms with Gasteiger partial charge in [0.25, 0.3) is 0 Å². The molecule has 5 nitrogen and oxygen atoms in total. The predicted molar refractivity (Wildman–Crippen MR) is 112 cm³/mol. The minimum atomic E-state index is -0.488. The number of hydrogen-bond acceptors (Lipinski definition) is 5. The third-order valence-electron chi connectivity index (χ3n) is 4.85. The van der Waals surface area contributed by atoms with Gasteiger partial charge in [0.1, 0.15) is 6.29 Å². The minimum Gasteiger partial charge on any atom is -0.308 e. The number of ketones is 1. The second-order valence-corrected chi connectivity index (χ2v) is 7.83. The first-order chi connectivity index (χ1) is 13.6. The van der Waals surface area contributed by atoms with Gasteiger partial charge in [0, 0.05) is 30.2 Å². The molecule has 2 atom stereocenters. The molecule has 1 unspecified atom stereocenters. The molecule has 1 saturated heterocycles. The summed E-state index contributed by atoms with van der Waals surface area (Å²) in [7, 11) is 0. The summed E-state index contributed by atoms with van der Waals surface area (Å²) in [5, 5.41) is 0. The van der Waals surface area contributed by atoms with Crippen molar-refractivity contribution in [3.8, 4) is 0 Å². The molecule has 0 bridgehead atoms. The Bertz CT molecular complexity index is 823. The summed E-state index contributed by atoms with van der Waals surface area (Å²) in [6.45, 7) is 2.48. The SMILES string of the molecule is Cc1ccc(CN(C(=O)CCC(=O)C2NSC[C@H]2C=O)c2ccccc2)cc1. The van der Waals surface area contributed by atoms with Crippen LogP contribution in [0.4, 0.5) is 5.69 Å². The number of carbonyl (C=O) groups excluding carboxylic acids is 3. The van der Waals surface area contributed by atoms with Crippen LogP contribution in [0.2, 0.25) is 0 Å². The molecule has 0 saturated carbocycles. The van der Waals surface area contributed by atoms with Crippen LogP contribution in [0.5, 0.6) is 0 Å². The van der Waals surface area contributed by atoms with E-state index in [9.17, 15) is 14.4 Å². The maximum atomic E-state index is 13.0. The van der Waals surface area contributed by atoms with Gasteiger partial charge in [0.15, 0.2) is 5.78 Å². The molecule has 1 aliphatic heterocycles. The second-order valence-electron chi connectivity index (χ2n) is 6.97. The van der Waals surface area contributed by atoms with Crippen molar-refractivity contribution >= 4 is 35.6 Å². The molecule has 1 amide bonds. The number of nitrogens with zero attached hydrogens (tertiary/aromatic N) is 1. The number of para-hydroxylation sites is 1. The summed E-state index contributed by atoms with van der Waals surface area (Å²) in [6, 6.07) is 17.1. The standard InChI is InChI=1S/C22H24N2O3S/c1-16-7-9-17(10-8-16)13-24(19-5-3-2-4-6-19)21(27)12-11-20(26)22-18(14-25)15-28-23-22/h2-10,14,18,22-23H,11-13,15H2,1H3/t18-,22?/m1/s1. The maximum Gasteiger partial charge on any atom is 0.227 e. The number of carbonyl (C=O) groups is 3. The third kappa shape index (κ3) is 5.09. The van der Waals surface area contributed by atoms with Crippen molar-refractivity contribution in [2.75, 3.05) is 10.7 Å². The molecule has 1 N–H and O–H groups in total. The number of anilines is 1. The van der Waals surface area contributed by atoms with E-state index in [4.69, 9.17) is 0 Å². The first kappa shape index (κ1) is 20.3. The Labute approximate surface area is 169 Å². The highest BCUT2D eigenvalue weighted by Crippen LogP contribution is 2.22. The van der Waals surface area contributed by atoms with Gasteiger partial charge in [-0.05, 0) is 24.6 Å². The average Bonchev–Trinajstić information content (AvgIpc) is 3.21. The highest BCUT2D eigenvalue weighted by Gasteiger charge is 2.33. The molecule has 1 fully saturated rings. The Kier molecular flexibility index (Phi) is 7.01. The van der Waals surface area contributed by atoms with Crippen LogP contribution in [-0.4, -0.2) is 29.8 Å². The van der Waals surface area contributed by atoms with E-state index >= 15 is 0 Å². The lowest BCUT2D eigenvalue weighted by Gasteiger charge is -2.23. The molecule has 0 spiro atoms. The van der Waals surface area contributed by atoms with E-state index < -0.39 is 6.04 Å². The van der Waals surface area contributed by atoms with Gasteiger partial charge < -0.3 is 9.69 Å². The number of benzene rings is 2. The normalized spacial score (nSPS) is 18.6. The number of amides is 1. The lowest BCUT2D eigenvalue weighted by molar-refractivity contribution is -0.126. The molecule has 2 aromatic rings. The summed E-state index contributed by atoms with van der Waals surface area (Å²) in [4.78, 5) is 38.2. The van der Waals surface area contributed by atoms with Gasteiger partial charge in [-0.1, -0.05) is 60.0 Å². The molecule has 1 heterocycles. The smallest absolute Gasteiger partial charge is 0.227 e. The van der Waals surface area contributed by atoms with Crippen molar-refractivity contribution in [2.45, 2.75) is 32.4 Å². The van der Waals surface area contributed by atoms with Crippen molar-refractivity contribution < 1.29 is 14.4 Å².